The van der Waals surface area contributed by atoms with Gasteiger partial charge in [-0.1, -0.05) is 0 Å². The molecule has 0 spiro atoms. The molecule has 4 aliphatic rings. The molecule has 0 bridgehead atoms. The van der Waals surface area contributed by atoms with Crippen LogP contribution in [0.4, 0.5) is 0 Å². The number of carbonyl (C=O) groups excluding carboxylic acids is 2. The number of amides is 2. The van der Waals surface area contributed by atoms with Gasteiger partial charge in [-0.15, -0.1) is 0 Å². The standard InChI is InChI=1S/C19H31N3O5/c1-11(23)22-6-4-12(5-7-22)20-10-16-18(25)19-15(27-16)8-14(26-19)9-17(24)21-13-2-3-13/h12-16,18-20,25H,2-10H2,1H3,(H,21,24)/t14-,15+,16+,18+,19-/m0/s1. The lowest BCUT2D eigenvalue weighted by Gasteiger charge is -2.32. The van der Waals surface area contributed by atoms with Gasteiger partial charge < -0.3 is 30.1 Å². The Morgan fingerprint density at radius 2 is 1.85 bits per heavy atom. The Hall–Kier alpha value is -1.22. The van der Waals surface area contributed by atoms with E-state index in [0.717, 1.165) is 38.8 Å². The molecule has 3 heterocycles. The number of hydrogen-bond acceptors (Lipinski definition) is 6. The van der Waals surface area contributed by atoms with Gasteiger partial charge in [0.05, 0.1) is 24.7 Å². The molecule has 152 valence electrons. The Morgan fingerprint density at radius 1 is 1.11 bits per heavy atom. The largest absolute Gasteiger partial charge is 0.388 e. The summed E-state index contributed by atoms with van der Waals surface area (Å²) in [4.78, 5) is 25.2. The van der Waals surface area contributed by atoms with Crippen molar-refractivity contribution in [2.24, 2.45) is 0 Å². The summed E-state index contributed by atoms with van der Waals surface area (Å²) in [6.45, 7) is 3.74. The van der Waals surface area contributed by atoms with E-state index in [-0.39, 0.29) is 36.2 Å². The van der Waals surface area contributed by atoms with E-state index in [4.69, 9.17) is 9.47 Å². The van der Waals surface area contributed by atoms with Gasteiger partial charge in [-0.2, -0.15) is 0 Å². The molecule has 4 rings (SSSR count). The molecule has 0 unspecified atom stereocenters. The van der Waals surface area contributed by atoms with E-state index in [1.54, 1.807) is 6.92 Å². The number of ether oxygens (including phenoxy) is 2. The van der Waals surface area contributed by atoms with Crippen molar-refractivity contribution in [2.45, 2.75) is 88.1 Å². The number of carbonyl (C=O) groups is 2. The number of aliphatic hydroxyl groups is 1. The monoisotopic (exact) mass is 381 g/mol. The molecule has 0 aromatic heterocycles. The fraction of sp³-hybridized carbons (Fsp3) is 0.895. The molecular weight excluding hydrogens is 350 g/mol. The fourth-order valence-corrected chi connectivity index (χ4v) is 4.41. The molecule has 3 aliphatic heterocycles. The maximum absolute atomic E-state index is 11.9. The van der Waals surface area contributed by atoms with Crippen molar-refractivity contribution >= 4 is 11.8 Å². The van der Waals surface area contributed by atoms with Gasteiger partial charge in [0.25, 0.3) is 0 Å². The van der Waals surface area contributed by atoms with Crippen molar-refractivity contribution in [3.63, 3.8) is 0 Å². The van der Waals surface area contributed by atoms with Crippen LogP contribution in [0.25, 0.3) is 0 Å². The maximum Gasteiger partial charge on any atom is 0.222 e. The summed E-state index contributed by atoms with van der Waals surface area (Å²) < 4.78 is 11.9. The highest BCUT2D eigenvalue weighted by atomic mass is 16.6. The molecule has 27 heavy (non-hydrogen) atoms. The van der Waals surface area contributed by atoms with Crippen LogP contribution >= 0.6 is 0 Å². The molecule has 2 amide bonds. The minimum Gasteiger partial charge on any atom is -0.388 e. The second-order valence-corrected chi connectivity index (χ2v) is 8.40. The molecule has 8 nitrogen and oxygen atoms in total. The molecule has 0 radical (unpaired) electrons. The number of rotatable bonds is 6. The first-order valence-electron chi connectivity index (χ1n) is 10.3. The Kier molecular flexibility index (Phi) is 5.68. The zero-order valence-corrected chi connectivity index (χ0v) is 15.9. The van der Waals surface area contributed by atoms with Crippen LogP contribution in [0.1, 0.15) is 45.4 Å². The van der Waals surface area contributed by atoms with Crippen LogP contribution in [-0.4, -0.2) is 84.1 Å². The van der Waals surface area contributed by atoms with Gasteiger partial charge in [0.15, 0.2) is 0 Å². The van der Waals surface area contributed by atoms with Crippen LogP contribution in [0.5, 0.6) is 0 Å². The topological polar surface area (TPSA) is 100 Å². The number of piperidine rings is 1. The van der Waals surface area contributed by atoms with E-state index < -0.39 is 6.10 Å². The first kappa shape index (κ1) is 19.1. The summed E-state index contributed by atoms with van der Waals surface area (Å²) in [7, 11) is 0. The highest BCUT2D eigenvalue weighted by Crippen LogP contribution is 2.35. The number of fused-ring (bicyclic) bond motifs is 1. The van der Waals surface area contributed by atoms with Crippen LogP contribution in [0.15, 0.2) is 0 Å². The number of hydrogen-bond donors (Lipinski definition) is 3. The zero-order valence-electron chi connectivity index (χ0n) is 15.9. The van der Waals surface area contributed by atoms with Gasteiger partial charge in [0.1, 0.15) is 12.2 Å². The molecular formula is C19H31N3O5. The average molecular weight is 381 g/mol. The molecule has 0 aromatic carbocycles. The first-order chi connectivity index (χ1) is 13.0. The summed E-state index contributed by atoms with van der Waals surface area (Å²) >= 11 is 0. The van der Waals surface area contributed by atoms with Gasteiger partial charge in [0.2, 0.25) is 11.8 Å². The van der Waals surface area contributed by atoms with Crippen LogP contribution < -0.4 is 10.6 Å². The normalized spacial score (nSPS) is 36.7. The third-order valence-electron chi connectivity index (χ3n) is 6.18. The van der Waals surface area contributed by atoms with Crippen LogP contribution in [0.2, 0.25) is 0 Å². The average Bonchev–Trinajstić information content (AvgIpc) is 3.29. The number of nitrogens with one attached hydrogen (secondary N) is 2. The minimum atomic E-state index is -0.670. The molecule has 1 aliphatic carbocycles. The second-order valence-electron chi connectivity index (χ2n) is 8.40. The zero-order chi connectivity index (χ0) is 19.0. The van der Waals surface area contributed by atoms with Crippen molar-refractivity contribution in [3.05, 3.63) is 0 Å². The van der Waals surface area contributed by atoms with Crippen molar-refractivity contribution in [3.8, 4) is 0 Å². The minimum absolute atomic E-state index is 0.0343. The van der Waals surface area contributed by atoms with Gasteiger partial charge >= 0.3 is 0 Å². The third kappa shape index (κ3) is 4.62. The van der Waals surface area contributed by atoms with Gasteiger partial charge in [0, 0.05) is 45.1 Å². The lowest BCUT2D eigenvalue weighted by molar-refractivity contribution is -0.130. The Bertz CT molecular complexity index is 562. The number of nitrogens with zero attached hydrogens (tertiary/aromatic N) is 1. The summed E-state index contributed by atoms with van der Waals surface area (Å²) in [6, 6.07) is 0.703. The van der Waals surface area contributed by atoms with E-state index in [0.29, 0.717) is 31.5 Å². The van der Waals surface area contributed by atoms with Crippen molar-refractivity contribution in [1.29, 1.82) is 0 Å². The van der Waals surface area contributed by atoms with E-state index in [9.17, 15) is 14.7 Å². The highest BCUT2D eigenvalue weighted by molar-refractivity contribution is 5.77. The van der Waals surface area contributed by atoms with Gasteiger partial charge in [-0.25, -0.2) is 0 Å². The Balaban J connectivity index is 1.17. The van der Waals surface area contributed by atoms with Crippen LogP contribution in [0, 0.1) is 0 Å². The second kappa shape index (κ2) is 8.03. The molecule has 3 saturated heterocycles. The molecule has 5 atom stereocenters. The quantitative estimate of drug-likeness (QED) is 0.576. The molecule has 4 fully saturated rings. The predicted octanol–water partition coefficient (Wildman–Crippen LogP) is -0.459. The predicted molar refractivity (Wildman–Crippen MR) is 97.0 cm³/mol. The van der Waals surface area contributed by atoms with Gasteiger partial charge in [-0.05, 0) is 25.7 Å². The molecule has 0 aromatic rings. The van der Waals surface area contributed by atoms with E-state index in [2.05, 4.69) is 10.6 Å². The molecule has 1 saturated carbocycles. The number of likely N-dealkylation sites (tertiary alicyclic amines) is 1. The maximum atomic E-state index is 11.9. The van der Waals surface area contributed by atoms with Gasteiger partial charge in [-0.3, -0.25) is 9.59 Å². The lowest BCUT2D eigenvalue weighted by atomic mass is 10.0. The summed E-state index contributed by atoms with van der Waals surface area (Å²) in [5.74, 6) is 0.167. The SMILES string of the molecule is CC(=O)N1CCC(NC[C@H]2O[C@@H]3C[C@@H](CC(=O)NC4CC4)O[C@@H]3[C@@H]2O)CC1. The van der Waals surface area contributed by atoms with Crippen molar-refractivity contribution in [1.82, 2.24) is 15.5 Å². The highest BCUT2D eigenvalue weighted by Gasteiger charge is 2.50. The van der Waals surface area contributed by atoms with E-state index in [1.165, 1.54) is 0 Å². The fourth-order valence-electron chi connectivity index (χ4n) is 4.41. The van der Waals surface area contributed by atoms with Crippen molar-refractivity contribution < 1.29 is 24.2 Å². The van der Waals surface area contributed by atoms with Crippen molar-refractivity contribution in [2.75, 3.05) is 19.6 Å². The Labute approximate surface area is 159 Å². The molecule has 8 heteroatoms. The number of aliphatic hydroxyl groups excluding tert-OH is 1. The summed E-state index contributed by atoms with van der Waals surface area (Å²) in [6.07, 6.45) is 3.40. The van der Waals surface area contributed by atoms with Crippen LogP contribution in [0.3, 0.4) is 0 Å². The summed E-state index contributed by atoms with van der Waals surface area (Å²) in [5, 5.41) is 17.0. The smallest absolute Gasteiger partial charge is 0.222 e. The Morgan fingerprint density at radius 3 is 2.48 bits per heavy atom. The van der Waals surface area contributed by atoms with Crippen LogP contribution in [-0.2, 0) is 19.1 Å². The summed E-state index contributed by atoms with van der Waals surface area (Å²) in [5.41, 5.74) is 0. The lowest BCUT2D eigenvalue weighted by Crippen LogP contribution is -2.47. The third-order valence-corrected chi connectivity index (χ3v) is 6.18. The molecule has 3 N–H and O–H groups in total. The van der Waals surface area contributed by atoms with E-state index >= 15 is 0 Å². The first-order valence-corrected chi connectivity index (χ1v) is 10.3. The van der Waals surface area contributed by atoms with E-state index in [1.807, 2.05) is 4.90 Å².